The second kappa shape index (κ2) is 6.01. The molecule has 1 aromatic heterocycles. The van der Waals surface area contributed by atoms with Gasteiger partial charge in [-0.3, -0.25) is 4.90 Å². The number of aromatic nitrogens is 1. The van der Waals surface area contributed by atoms with Crippen molar-refractivity contribution in [2.75, 3.05) is 26.3 Å². The van der Waals surface area contributed by atoms with Gasteiger partial charge in [0.1, 0.15) is 5.01 Å². The van der Waals surface area contributed by atoms with Crippen molar-refractivity contribution in [3.05, 3.63) is 29.3 Å². The first-order chi connectivity index (χ1) is 10.4. The highest BCUT2D eigenvalue weighted by atomic mass is 32.1. The molecule has 4 nitrogen and oxygen atoms in total. The number of rotatable bonds is 3. The van der Waals surface area contributed by atoms with Crippen molar-refractivity contribution in [1.82, 2.24) is 9.88 Å². The van der Waals surface area contributed by atoms with E-state index in [1.807, 2.05) is 11.3 Å². The maximum atomic E-state index is 5.68. The van der Waals surface area contributed by atoms with Gasteiger partial charge in [-0.2, -0.15) is 0 Å². The summed E-state index contributed by atoms with van der Waals surface area (Å²) in [5.74, 6) is 0.510. The molecule has 1 aromatic carbocycles. The minimum atomic E-state index is 0.0168. The molecule has 0 unspecified atom stereocenters. The molecule has 0 bridgehead atoms. The average Bonchev–Trinajstić information content (AvgIpc) is 3.16. The molecule has 0 radical (unpaired) electrons. The Bertz CT molecular complexity index is 576. The van der Waals surface area contributed by atoms with E-state index in [-0.39, 0.29) is 6.29 Å². The molecule has 112 valence electrons. The van der Waals surface area contributed by atoms with Gasteiger partial charge in [0.15, 0.2) is 6.29 Å². The zero-order valence-electron chi connectivity index (χ0n) is 12.0. The van der Waals surface area contributed by atoms with Gasteiger partial charge in [0, 0.05) is 12.5 Å². The lowest BCUT2D eigenvalue weighted by Gasteiger charge is -2.34. The minimum absolute atomic E-state index is 0.0168. The third-order valence-corrected chi connectivity index (χ3v) is 5.29. The second-order valence-corrected chi connectivity index (χ2v) is 6.94. The fourth-order valence-electron chi connectivity index (χ4n) is 3.28. The van der Waals surface area contributed by atoms with Gasteiger partial charge in [-0.1, -0.05) is 12.1 Å². The normalized spacial score (nSPS) is 24.9. The van der Waals surface area contributed by atoms with Gasteiger partial charge in [-0.25, -0.2) is 4.98 Å². The Morgan fingerprint density at radius 2 is 2.10 bits per heavy atom. The van der Waals surface area contributed by atoms with Crippen molar-refractivity contribution in [3.63, 3.8) is 0 Å². The van der Waals surface area contributed by atoms with E-state index in [4.69, 9.17) is 14.5 Å². The third-order valence-electron chi connectivity index (χ3n) is 4.27. The maximum Gasteiger partial charge on any atom is 0.161 e. The lowest BCUT2D eigenvalue weighted by molar-refractivity contribution is -0.101. The summed E-state index contributed by atoms with van der Waals surface area (Å²) in [5, 5.41) is 1.21. The summed E-state index contributed by atoms with van der Waals surface area (Å²) in [6.45, 7) is 4.65. The molecular formula is C16H20N2O2S. The van der Waals surface area contributed by atoms with Crippen LogP contribution in [0, 0.1) is 5.92 Å². The molecule has 2 aliphatic rings. The lowest BCUT2D eigenvalue weighted by atomic mass is 9.97. The number of piperidine rings is 1. The van der Waals surface area contributed by atoms with Gasteiger partial charge in [0.25, 0.3) is 0 Å². The molecule has 5 heteroatoms. The predicted molar refractivity (Wildman–Crippen MR) is 83.3 cm³/mol. The number of nitrogens with zero attached hydrogens (tertiary/aromatic N) is 2. The highest BCUT2D eigenvalue weighted by Crippen LogP contribution is 2.28. The standard InChI is InChI=1S/C16H20N2O2S/c1-2-6-14-13(5-1)17-15(21-14)11-18-7-3-4-12(10-18)16-19-8-9-20-16/h1-2,5-6,12,16H,3-4,7-11H2/t12-/m1/s1. The van der Waals surface area contributed by atoms with Crippen LogP contribution in [-0.4, -0.2) is 42.5 Å². The van der Waals surface area contributed by atoms with Crippen LogP contribution in [0.25, 0.3) is 10.2 Å². The molecule has 2 aliphatic heterocycles. The molecule has 4 rings (SSSR count). The van der Waals surface area contributed by atoms with Gasteiger partial charge in [-0.05, 0) is 31.5 Å². The monoisotopic (exact) mass is 304 g/mol. The van der Waals surface area contributed by atoms with Crippen LogP contribution in [0.4, 0.5) is 0 Å². The van der Waals surface area contributed by atoms with Crippen LogP contribution in [0.1, 0.15) is 17.8 Å². The molecule has 0 N–H and O–H groups in total. The highest BCUT2D eigenvalue weighted by Gasteiger charge is 2.31. The largest absolute Gasteiger partial charge is 0.350 e. The molecule has 0 saturated carbocycles. The highest BCUT2D eigenvalue weighted by molar-refractivity contribution is 7.18. The van der Waals surface area contributed by atoms with Crippen LogP contribution in [0.15, 0.2) is 24.3 Å². The van der Waals surface area contributed by atoms with E-state index in [0.29, 0.717) is 5.92 Å². The second-order valence-electron chi connectivity index (χ2n) is 5.82. The van der Waals surface area contributed by atoms with Crippen LogP contribution < -0.4 is 0 Å². The maximum absolute atomic E-state index is 5.68. The SMILES string of the molecule is c1ccc2sc(CN3CCC[C@@H](C4OCCO4)C3)nc2c1. The molecule has 3 heterocycles. The van der Waals surface area contributed by atoms with E-state index >= 15 is 0 Å². The van der Waals surface area contributed by atoms with Gasteiger partial charge in [-0.15, -0.1) is 11.3 Å². The number of ether oxygens (including phenoxy) is 2. The van der Waals surface area contributed by atoms with Crippen LogP contribution in [-0.2, 0) is 16.0 Å². The summed E-state index contributed by atoms with van der Waals surface area (Å²) >= 11 is 1.81. The van der Waals surface area contributed by atoms with E-state index in [2.05, 4.69) is 29.2 Å². The van der Waals surface area contributed by atoms with E-state index in [1.54, 1.807) is 0 Å². The summed E-state index contributed by atoms with van der Waals surface area (Å²) in [5.41, 5.74) is 1.12. The van der Waals surface area contributed by atoms with E-state index in [0.717, 1.165) is 38.4 Å². The van der Waals surface area contributed by atoms with Crippen LogP contribution >= 0.6 is 11.3 Å². The van der Waals surface area contributed by atoms with Crippen molar-refractivity contribution in [2.45, 2.75) is 25.7 Å². The Balaban J connectivity index is 1.43. The van der Waals surface area contributed by atoms with Crippen molar-refractivity contribution in [2.24, 2.45) is 5.92 Å². The zero-order chi connectivity index (χ0) is 14.1. The average molecular weight is 304 g/mol. The quantitative estimate of drug-likeness (QED) is 0.873. The van der Waals surface area contributed by atoms with Crippen LogP contribution in [0.5, 0.6) is 0 Å². The van der Waals surface area contributed by atoms with Crippen molar-refractivity contribution in [1.29, 1.82) is 0 Å². The molecule has 21 heavy (non-hydrogen) atoms. The van der Waals surface area contributed by atoms with Gasteiger partial charge >= 0.3 is 0 Å². The topological polar surface area (TPSA) is 34.6 Å². The Hall–Kier alpha value is -1.01. The summed E-state index contributed by atoms with van der Waals surface area (Å²) in [6.07, 6.45) is 2.45. The fraction of sp³-hybridized carbons (Fsp3) is 0.562. The molecular weight excluding hydrogens is 284 g/mol. The number of hydrogen-bond acceptors (Lipinski definition) is 5. The van der Waals surface area contributed by atoms with Gasteiger partial charge in [0.05, 0.1) is 30.0 Å². The summed E-state index contributed by atoms with van der Waals surface area (Å²) in [7, 11) is 0. The lowest BCUT2D eigenvalue weighted by Crippen LogP contribution is -2.40. The Morgan fingerprint density at radius 1 is 1.24 bits per heavy atom. The molecule has 0 spiro atoms. The predicted octanol–water partition coefficient (Wildman–Crippen LogP) is 2.88. The zero-order valence-corrected chi connectivity index (χ0v) is 12.8. The van der Waals surface area contributed by atoms with Crippen LogP contribution in [0.3, 0.4) is 0 Å². The van der Waals surface area contributed by atoms with Crippen molar-refractivity contribution >= 4 is 21.6 Å². The smallest absolute Gasteiger partial charge is 0.161 e. The molecule has 2 saturated heterocycles. The Kier molecular flexibility index (Phi) is 3.90. The van der Waals surface area contributed by atoms with Crippen LogP contribution in [0.2, 0.25) is 0 Å². The molecule has 1 atom stereocenters. The number of thiazole rings is 1. The van der Waals surface area contributed by atoms with E-state index in [1.165, 1.54) is 22.5 Å². The molecule has 2 aromatic rings. The number of hydrogen-bond donors (Lipinski definition) is 0. The first-order valence-corrected chi connectivity index (χ1v) is 8.50. The number of likely N-dealkylation sites (tertiary alicyclic amines) is 1. The molecule has 0 aliphatic carbocycles. The van der Waals surface area contributed by atoms with Gasteiger partial charge in [0.2, 0.25) is 0 Å². The number of para-hydroxylation sites is 1. The van der Waals surface area contributed by atoms with E-state index < -0.39 is 0 Å². The fourth-order valence-corrected chi connectivity index (χ4v) is 4.29. The molecule has 0 amide bonds. The molecule has 2 fully saturated rings. The first kappa shape index (κ1) is 13.6. The number of benzene rings is 1. The third kappa shape index (κ3) is 2.97. The van der Waals surface area contributed by atoms with Gasteiger partial charge < -0.3 is 9.47 Å². The number of fused-ring (bicyclic) bond motifs is 1. The Labute approximate surface area is 128 Å². The summed E-state index contributed by atoms with van der Waals surface area (Å²) in [6, 6.07) is 8.37. The Morgan fingerprint density at radius 3 is 2.95 bits per heavy atom. The minimum Gasteiger partial charge on any atom is -0.350 e. The van der Waals surface area contributed by atoms with Crippen molar-refractivity contribution in [3.8, 4) is 0 Å². The van der Waals surface area contributed by atoms with E-state index in [9.17, 15) is 0 Å². The first-order valence-electron chi connectivity index (χ1n) is 7.68. The van der Waals surface area contributed by atoms with Crippen molar-refractivity contribution < 1.29 is 9.47 Å². The summed E-state index contributed by atoms with van der Waals surface area (Å²) < 4.78 is 12.6. The summed E-state index contributed by atoms with van der Waals surface area (Å²) in [4.78, 5) is 7.24.